The molecule has 0 spiro atoms. The molecule has 6 nitrogen and oxygen atoms in total. The summed E-state index contributed by atoms with van der Waals surface area (Å²) in [5.41, 5.74) is 0.0559. The fraction of sp³-hybridized carbons (Fsp3) is 0.350. The molecule has 1 amide bonds. The molecular weight excluding hydrogens is 389 g/mol. The third kappa shape index (κ3) is 4.24. The molecule has 2 aromatic carbocycles. The second kappa shape index (κ2) is 7.82. The predicted molar refractivity (Wildman–Crippen MR) is 99.9 cm³/mol. The monoisotopic (exact) mass is 408 g/mol. The van der Waals surface area contributed by atoms with Gasteiger partial charge >= 0.3 is 6.18 Å². The second-order valence-electron chi connectivity index (χ2n) is 6.64. The lowest BCUT2D eigenvalue weighted by Gasteiger charge is -2.31. The quantitative estimate of drug-likeness (QED) is 0.842. The van der Waals surface area contributed by atoms with Gasteiger partial charge in [-0.2, -0.15) is 13.2 Å². The number of anilines is 2. The van der Waals surface area contributed by atoms with Gasteiger partial charge in [-0.3, -0.25) is 4.79 Å². The first kappa shape index (κ1) is 19.4. The summed E-state index contributed by atoms with van der Waals surface area (Å²) < 4.78 is 55.8. The van der Waals surface area contributed by atoms with Crippen molar-refractivity contribution in [2.24, 2.45) is 0 Å². The van der Waals surface area contributed by atoms with Gasteiger partial charge in [-0.15, -0.1) is 0 Å². The van der Waals surface area contributed by atoms with Crippen LogP contribution in [0.15, 0.2) is 36.4 Å². The van der Waals surface area contributed by atoms with Gasteiger partial charge in [0.05, 0.1) is 30.2 Å². The number of hydrogen-bond acceptors (Lipinski definition) is 5. The predicted octanol–water partition coefficient (Wildman–Crippen LogP) is 3.57. The first-order chi connectivity index (χ1) is 13.9. The highest BCUT2D eigenvalue weighted by Gasteiger charge is 2.32. The maximum Gasteiger partial charge on any atom is 0.416 e. The summed E-state index contributed by atoms with van der Waals surface area (Å²) in [6, 6.07) is 8.04. The number of ether oxygens (including phenoxy) is 3. The van der Waals surface area contributed by atoms with Crippen molar-refractivity contribution in [3.05, 3.63) is 47.5 Å². The van der Waals surface area contributed by atoms with Crippen molar-refractivity contribution in [1.29, 1.82) is 0 Å². The molecule has 0 unspecified atom stereocenters. The third-order valence-electron chi connectivity index (χ3n) is 4.73. The lowest BCUT2D eigenvalue weighted by Crippen LogP contribution is -2.36. The summed E-state index contributed by atoms with van der Waals surface area (Å²) in [6.45, 7) is 2.78. The highest BCUT2D eigenvalue weighted by atomic mass is 19.4. The van der Waals surface area contributed by atoms with Crippen LogP contribution in [0.3, 0.4) is 0 Å². The summed E-state index contributed by atoms with van der Waals surface area (Å²) in [6.07, 6.45) is -4.51. The zero-order valence-corrected chi connectivity index (χ0v) is 15.4. The Morgan fingerprint density at radius 1 is 0.931 bits per heavy atom. The molecule has 0 saturated carbocycles. The van der Waals surface area contributed by atoms with Crippen molar-refractivity contribution in [2.75, 3.05) is 49.7 Å². The Balaban J connectivity index is 1.64. The molecule has 1 N–H and O–H groups in total. The molecule has 0 aliphatic carbocycles. The van der Waals surface area contributed by atoms with Crippen molar-refractivity contribution < 1.29 is 32.2 Å². The minimum Gasteiger partial charge on any atom is -0.486 e. The topological polar surface area (TPSA) is 60.0 Å². The molecule has 1 fully saturated rings. The van der Waals surface area contributed by atoms with Crippen molar-refractivity contribution in [2.45, 2.75) is 6.18 Å². The highest BCUT2D eigenvalue weighted by molar-refractivity contribution is 6.06. The van der Waals surface area contributed by atoms with Gasteiger partial charge in [0.25, 0.3) is 5.91 Å². The number of rotatable bonds is 3. The second-order valence-corrected chi connectivity index (χ2v) is 6.64. The van der Waals surface area contributed by atoms with Crippen LogP contribution < -0.4 is 19.7 Å². The largest absolute Gasteiger partial charge is 0.486 e. The van der Waals surface area contributed by atoms with Crippen LogP contribution in [0.4, 0.5) is 24.5 Å². The van der Waals surface area contributed by atoms with Gasteiger partial charge in [-0.25, -0.2) is 0 Å². The van der Waals surface area contributed by atoms with Crippen molar-refractivity contribution in [1.82, 2.24) is 0 Å². The van der Waals surface area contributed by atoms with E-state index in [4.69, 9.17) is 14.2 Å². The lowest BCUT2D eigenvalue weighted by molar-refractivity contribution is -0.137. The fourth-order valence-electron chi connectivity index (χ4n) is 3.27. The molecule has 0 aromatic heterocycles. The van der Waals surface area contributed by atoms with Crippen molar-refractivity contribution in [3.8, 4) is 11.5 Å². The molecule has 0 atom stereocenters. The van der Waals surface area contributed by atoms with Crippen LogP contribution in [-0.4, -0.2) is 45.4 Å². The summed E-state index contributed by atoms with van der Waals surface area (Å²) in [4.78, 5) is 14.7. The summed E-state index contributed by atoms with van der Waals surface area (Å²) in [5, 5.41) is 2.63. The van der Waals surface area contributed by atoms with E-state index >= 15 is 0 Å². The van der Waals surface area contributed by atoms with E-state index in [-0.39, 0.29) is 11.3 Å². The van der Waals surface area contributed by atoms with E-state index in [9.17, 15) is 18.0 Å². The van der Waals surface area contributed by atoms with Crippen LogP contribution >= 0.6 is 0 Å². The van der Waals surface area contributed by atoms with Crippen LogP contribution in [0.25, 0.3) is 0 Å². The van der Waals surface area contributed by atoms with Crippen molar-refractivity contribution in [3.63, 3.8) is 0 Å². The average Bonchev–Trinajstić information content (AvgIpc) is 2.73. The summed E-state index contributed by atoms with van der Waals surface area (Å²) in [7, 11) is 0. The van der Waals surface area contributed by atoms with E-state index in [0.29, 0.717) is 56.7 Å². The summed E-state index contributed by atoms with van der Waals surface area (Å²) in [5.74, 6) is 0.429. The third-order valence-corrected chi connectivity index (χ3v) is 4.73. The molecule has 29 heavy (non-hydrogen) atoms. The van der Waals surface area contributed by atoms with E-state index in [1.54, 1.807) is 12.1 Å². The Labute approximate surface area is 165 Å². The maximum atomic E-state index is 13.2. The minimum absolute atomic E-state index is 0.0987. The van der Waals surface area contributed by atoms with Gasteiger partial charge in [0.15, 0.2) is 11.5 Å². The molecule has 9 heteroatoms. The first-order valence-electron chi connectivity index (χ1n) is 9.17. The first-order valence-corrected chi connectivity index (χ1v) is 9.17. The molecular formula is C20H19F3N2O4. The number of nitrogens with zero attached hydrogens (tertiary/aromatic N) is 1. The molecule has 0 bridgehead atoms. The van der Waals surface area contributed by atoms with E-state index in [1.165, 1.54) is 12.1 Å². The number of halogens is 3. The Bertz CT molecular complexity index is 911. The standard InChI is InChI=1S/C20H19F3N2O4/c21-20(22,23)14-2-3-16(25-5-7-27-8-6-25)15(12-14)24-19(26)13-1-4-17-18(11-13)29-10-9-28-17/h1-4,11-12H,5-10H2,(H,24,26). The van der Waals surface area contributed by atoms with Gasteiger partial charge in [-0.05, 0) is 36.4 Å². The minimum atomic E-state index is -4.51. The molecule has 1 saturated heterocycles. The molecule has 2 aliphatic heterocycles. The Hall–Kier alpha value is -2.94. The molecule has 2 aromatic rings. The van der Waals surface area contributed by atoms with Crippen LogP contribution in [-0.2, 0) is 10.9 Å². The number of hydrogen-bond donors (Lipinski definition) is 1. The number of amides is 1. The van der Waals surface area contributed by atoms with Crippen LogP contribution in [0.5, 0.6) is 11.5 Å². The summed E-state index contributed by atoms with van der Waals surface area (Å²) >= 11 is 0. The number of nitrogens with one attached hydrogen (secondary N) is 1. The Morgan fingerprint density at radius 2 is 1.66 bits per heavy atom. The highest BCUT2D eigenvalue weighted by Crippen LogP contribution is 2.36. The van der Waals surface area contributed by atoms with Crippen LogP contribution in [0.1, 0.15) is 15.9 Å². The normalized spacial score (nSPS) is 16.4. The van der Waals surface area contributed by atoms with Gasteiger partial charge in [-0.1, -0.05) is 0 Å². The Kier molecular flexibility index (Phi) is 5.23. The van der Waals surface area contributed by atoms with Gasteiger partial charge in [0, 0.05) is 18.7 Å². The van der Waals surface area contributed by atoms with E-state index in [0.717, 1.165) is 12.1 Å². The lowest BCUT2D eigenvalue weighted by atomic mass is 10.1. The van der Waals surface area contributed by atoms with Gasteiger partial charge in [0.1, 0.15) is 13.2 Å². The van der Waals surface area contributed by atoms with Crippen LogP contribution in [0.2, 0.25) is 0 Å². The number of carbonyl (C=O) groups is 1. The molecule has 2 aliphatic rings. The van der Waals surface area contributed by atoms with E-state index in [2.05, 4.69) is 5.32 Å². The fourth-order valence-corrected chi connectivity index (χ4v) is 3.27. The van der Waals surface area contributed by atoms with E-state index in [1.807, 2.05) is 4.90 Å². The van der Waals surface area contributed by atoms with Crippen molar-refractivity contribution >= 4 is 17.3 Å². The number of carbonyl (C=O) groups excluding carboxylic acids is 1. The molecule has 4 rings (SSSR count). The Morgan fingerprint density at radius 3 is 2.38 bits per heavy atom. The number of fused-ring (bicyclic) bond motifs is 1. The number of alkyl halides is 3. The number of benzene rings is 2. The zero-order valence-electron chi connectivity index (χ0n) is 15.4. The number of morpholine rings is 1. The van der Waals surface area contributed by atoms with Gasteiger partial charge < -0.3 is 24.4 Å². The van der Waals surface area contributed by atoms with E-state index < -0.39 is 17.6 Å². The average molecular weight is 408 g/mol. The smallest absolute Gasteiger partial charge is 0.416 e. The zero-order chi connectivity index (χ0) is 20.4. The molecule has 0 radical (unpaired) electrons. The van der Waals surface area contributed by atoms with Crippen LogP contribution in [0, 0.1) is 0 Å². The molecule has 154 valence electrons. The molecule has 2 heterocycles. The SMILES string of the molecule is O=C(Nc1cc(C(F)(F)F)ccc1N1CCOCC1)c1ccc2c(c1)OCCO2. The van der Waals surface area contributed by atoms with Gasteiger partial charge in [0.2, 0.25) is 0 Å². The maximum absolute atomic E-state index is 13.2.